The summed E-state index contributed by atoms with van der Waals surface area (Å²) >= 11 is 0. The van der Waals surface area contributed by atoms with Gasteiger partial charge in [0.15, 0.2) is 5.82 Å². The van der Waals surface area contributed by atoms with Crippen molar-refractivity contribution in [3.05, 3.63) is 146 Å². The normalized spacial score (nSPS) is 20.5. The summed E-state index contributed by atoms with van der Waals surface area (Å²) < 4.78 is 35.0. The minimum atomic E-state index is -0.836. The Bertz CT molecular complexity index is 3340. The number of hydrogen-bond acceptors (Lipinski definition) is 8. The molecule has 3 aromatic carbocycles. The Kier molecular flexibility index (Phi) is 9.50. The monoisotopic (exact) mass is 1140 g/mol. The number of carbonyl (C=O) groups excluding carboxylic acids is 1. The van der Waals surface area contributed by atoms with Crippen LogP contribution in [0.3, 0.4) is 0 Å². The molecule has 5 aromatic heterocycles. The summed E-state index contributed by atoms with van der Waals surface area (Å²) in [5.74, 6) is -0.0626. The number of halogens is 1. The van der Waals surface area contributed by atoms with E-state index in [9.17, 15) is 9.59 Å². The first kappa shape index (κ1) is 42.2. The second-order valence-electron chi connectivity index (χ2n) is 18.8. The number of amides is 1. The maximum atomic E-state index is 15.7. The molecule has 8 aromatic rings. The third-order valence-electron chi connectivity index (χ3n) is 14.2. The Hall–Kier alpha value is -7.81. The SMILES string of the molecule is CC[C-]1Cc2nn(-c3cc(C)c(F)c(C)c3)c(-n3ccn(-c4ccc5c(cnn5C)c4)c3=O)c2CN1C(=O)c1cc2cc([C@H]3CCOC(C)(C)C3)ccc2n1[C@@]1(c2noc(=O)[nH]2)C[C@@H]1C.[Lr]. The molecule has 15 nitrogen and oxygen atoms in total. The first-order chi connectivity index (χ1) is 31.1. The number of H-pyrrole nitrogens is 1. The van der Waals surface area contributed by atoms with Crippen molar-refractivity contribution in [2.24, 2.45) is 13.0 Å². The van der Waals surface area contributed by atoms with E-state index in [2.05, 4.69) is 58.8 Å². The van der Waals surface area contributed by atoms with Crippen molar-refractivity contribution in [3.63, 3.8) is 0 Å². The first-order valence-electron chi connectivity index (χ1n) is 22.3. The molecule has 1 N–H and O–H groups in total. The van der Waals surface area contributed by atoms with Crippen LogP contribution in [0, 0.1) is 31.6 Å². The van der Waals surface area contributed by atoms with E-state index in [1.54, 1.807) is 63.1 Å². The maximum Gasteiger partial charge on any atom is 0.438 e. The molecule has 3 atom stereocenters. The van der Waals surface area contributed by atoms with Crippen LogP contribution in [0.4, 0.5) is 4.39 Å². The minimum absolute atomic E-state index is 0. The van der Waals surface area contributed by atoms with Crippen LogP contribution in [0.25, 0.3) is 39.0 Å². The van der Waals surface area contributed by atoms with E-state index in [4.69, 9.17) is 14.4 Å². The number of carbonyl (C=O) groups is 1. The van der Waals surface area contributed by atoms with Gasteiger partial charge in [-0.15, -0.1) is 6.42 Å². The van der Waals surface area contributed by atoms with Gasteiger partial charge in [-0.1, -0.05) is 25.1 Å². The van der Waals surface area contributed by atoms with Crippen molar-refractivity contribution in [1.29, 1.82) is 0 Å². The van der Waals surface area contributed by atoms with Gasteiger partial charge >= 0.3 is 11.4 Å². The second kappa shape index (κ2) is 14.9. The number of nitrogens with zero attached hydrogens (tertiary/aromatic N) is 9. The van der Waals surface area contributed by atoms with Crippen LogP contribution < -0.4 is 11.4 Å². The molecule has 11 rings (SSSR count). The Morgan fingerprint density at radius 2 is 1.71 bits per heavy atom. The number of hydrogen-bond donors (Lipinski definition) is 1. The van der Waals surface area contributed by atoms with E-state index < -0.39 is 11.3 Å². The average molecular weight is 1140 g/mol. The van der Waals surface area contributed by atoms with Crippen LogP contribution in [0.1, 0.15) is 104 Å². The fourth-order valence-electron chi connectivity index (χ4n) is 10.7. The van der Waals surface area contributed by atoms with Gasteiger partial charge in [0.2, 0.25) is 5.91 Å². The van der Waals surface area contributed by atoms with Crippen LogP contribution in [0.5, 0.6) is 0 Å². The number of fused-ring (bicyclic) bond motifs is 3. The minimum Gasteiger partial charge on any atom is -0.481 e. The molecule has 2 aliphatic heterocycles. The Morgan fingerprint density at radius 3 is 2.41 bits per heavy atom. The predicted molar refractivity (Wildman–Crippen MR) is 241 cm³/mol. The number of nitrogens with one attached hydrogen (secondary N) is 1. The van der Waals surface area contributed by atoms with E-state index in [1.807, 2.05) is 43.1 Å². The van der Waals surface area contributed by atoms with Crippen molar-refractivity contribution in [3.8, 4) is 17.2 Å². The van der Waals surface area contributed by atoms with Crippen molar-refractivity contribution < 1.29 is 18.4 Å². The summed E-state index contributed by atoms with van der Waals surface area (Å²) in [7, 11) is 1.87. The van der Waals surface area contributed by atoms with Crippen LogP contribution in [0.2, 0.25) is 0 Å². The number of aromatic nitrogens is 9. The fraction of sp³-hybridized carbons (Fsp3) is 0.367. The van der Waals surface area contributed by atoms with Crippen molar-refractivity contribution in [1.82, 2.24) is 48.3 Å². The van der Waals surface area contributed by atoms with E-state index in [0.717, 1.165) is 40.7 Å². The molecule has 17 heteroatoms. The van der Waals surface area contributed by atoms with Gasteiger partial charge < -0.3 is 14.2 Å². The third kappa shape index (κ3) is 6.35. The van der Waals surface area contributed by atoms with E-state index >= 15 is 9.18 Å². The zero-order valence-electron chi connectivity index (χ0n) is 37.7. The number of aryl methyl sites for hydroxylation is 3. The molecule has 3 aliphatic rings. The molecule has 66 heavy (non-hydrogen) atoms. The number of rotatable bonds is 8. The van der Waals surface area contributed by atoms with E-state index in [1.165, 1.54) is 5.56 Å². The first-order valence-corrected chi connectivity index (χ1v) is 22.3. The topological polar surface area (TPSA) is 156 Å². The van der Waals surface area contributed by atoms with Crippen molar-refractivity contribution in [2.75, 3.05) is 6.61 Å². The molecule has 7 heterocycles. The number of benzene rings is 3. The standard InChI is InChI=1S/C49H50FN10O5.Lr/c1-8-34-22-38-37(43(60(53-38)36-17-27(2)42(50)28(3)18-36)57-15-14-56(47(57)63)35-10-12-39-33(20-35)25-51-55(39)7)26-58(34)44(61)41-21-32-19-30(31-13-16-64-48(5,6)24-31)9-11-40(32)59(41)49(23-29(49)4)45-52-46(62)65-54-45;/h9-12,14-15,17-21,25,29,31H,8,13,16,22-24,26H2,1-7H3,(H,52,54,62);/q-1;/t29-,31-,49-;/m0./s1. The molecule has 0 spiro atoms. The number of aromatic amines is 1. The molecule has 349 valence electrons. The second-order valence-corrected chi connectivity index (χ2v) is 18.8. The van der Waals surface area contributed by atoms with Gasteiger partial charge in [0.05, 0.1) is 28.7 Å². The molecule has 1 radical (unpaired) electrons. The van der Waals surface area contributed by atoms with Crippen molar-refractivity contribution >= 4 is 27.7 Å². The summed E-state index contributed by atoms with van der Waals surface area (Å²) in [6.45, 7) is 12.6. The summed E-state index contributed by atoms with van der Waals surface area (Å²) in [6.07, 6.45) is 8.49. The quantitative estimate of drug-likeness (QED) is 0.152. The average Bonchev–Trinajstić information content (AvgIpc) is 3.90. The van der Waals surface area contributed by atoms with Crippen molar-refractivity contribution in [2.45, 2.75) is 97.2 Å². The van der Waals surface area contributed by atoms with Gasteiger partial charge in [0, 0.05) is 60.1 Å². The molecule has 1 aliphatic carbocycles. The van der Waals surface area contributed by atoms with Gasteiger partial charge in [-0.25, -0.2) is 24.7 Å². The fourth-order valence-corrected chi connectivity index (χ4v) is 10.7. The van der Waals surface area contributed by atoms with Gasteiger partial charge in [0.25, 0.3) is 0 Å². The van der Waals surface area contributed by atoms with Gasteiger partial charge in [-0.05, 0) is 124 Å². The molecular weight excluding hydrogens is 1090 g/mol. The Labute approximate surface area is 373 Å². The zero-order chi connectivity index (χ0) is 45.3. The summed E-state index contributed by atoms with van der Waals surface area (Å²) in [5.41, 5.74) is 5.53. The summed E-state index contributed by atoms with van der Waals surface area (Å²) in [4.78, 5) is 47.5. The number of imidazole rings is 1. The Morgan fingerprint density at radius 1 is 0.970 bits per heavy atom. The zero-order valence-corrected chi connectivity index (χ0v) is 39.9. The molecule has 2 fully saturated rings. The van der Waals surface area contributed by atoms with Gasteiger partial charge in [-0.2, -0.15) is 16.6 Å². The van der Waals surface area contributed by atoms with E-state index in [0.29, 0.717) is 77.0 Å². The molecular formula is C49H50FLrN10O5-. The molecule has 1 amide bonds. The van der Waals surface area contributed by atoms with Crippen LogP contribution >= 0.6 is 0 Å². The predicted octanol–water partition coefficient (Wildman–Crippen LogP) is 7.68. The third-order valence-corrected chi connectivity index (χ3v) is 14.2. The van der Waals surface area contributed by atoms with Gasteiger partial charge in [0.1, 0.15) is 22.9 Å². The molecule has 0 unspecified atom stereocenters. The Balaban J connectivity index is 0.00000511. The van der Waals surface area contributed by atoms with Crippen LogP contribution in [-0.2, 0) is 30.3 Å². The molecule has 1 saturated heterocycles. The summed E-state index contributed by atoms with van der Waals surface area (Å²) in [6, 6.07) is 18.5. The van der Waals surface area contributed by atoms with E-state index in [-0.39, 0.29) is 41.4 Å². The molecule has 1 saturated carbocycles. The molecule has 0 bridgehead atoms. The summed E-state index contributed by atoms with van der Waals surface area (Å²) in [5, 5.41) is 15.5. The van der Waals surface area contributed by atoms with Crippen LogP contribution in [-0.4, -0.2) is 66.4 Å². The maximum absolute atomic E-state index is 15.7. The largest absolute Gasteiger partial charge is 0.481 e. The smallest absolute Gasteiger partial charge is 0.438 e. The van der Waals surface area contributed by atoms with Gasteiger partial charge in [-0.3, -0.25) is 28.1 Å². The van der Waals surface area contributed by atoms with Crippen LogP contribution in [0.15, 0.2) is 87.3 Å². The number of ether oxygens (including phenoxy) is 1.